The zero-order valence-corrected chi connectivity index (χ0v) is 23.3. The average molecular weight is 573 g/mol. The number of nitrogens with two attached hydrogens (primary N) is 1. The molecule has 0 spiro atoms. The van der Waals surface area contributed by atoms with Crippen LogP contribution in [0, 0.1) is 17.7 Å². The minimum absolute atomic E-state index is 0.0284. The number of anilines is 1. The summed E-state index contributed by atoms with van der Waals surface area (Å²) in [6.07, 6.45) is 5.17. The molecule has 42 heavy (non-hydrogen) atoms. The quantitative estimate of drug-likeness (QED) is 0.351. The Hall–Kier alpha value is -3.63. The standard InChI is InChI=1S/C32H34F2N6O2/c33-21-12-32(8-3-9-40(32)16-21)17-42-31-37-29-25(30(38-31)39-14-19-6-7-20(15-39)27(19)35)13-36-28(26(29)34)24-11-22(41)10-18-4-1-2-5-23(18)24/h1-2,4-5,10-11,13,19-21,27,41H,3,6-9,12,14-17,35H2/t19?,20?,21-,27?,32+/m1/s1. The average Bonchev–Trinajstić information content (AvgIpc) is 3.56. The number of halogens is 2. The fourth-order valence-electron chi connectivity index (χ4n) is 8.09. The van der Waals surface area contributed by atoms with Gasteiger partial charge in [-0.05, 0) is 67.0 Å². The fraction of sp³-hybridized carbons (Fsp3) is 0.469. The lowest BCUT2D eigenvalue weighted by Gasteiger charge is -2.37. The number of nitrogens with zero attached hydrogens (tertiary/aromatic N) is 5. The zero-order chi connectivity index (χ0) is 28.6. The van der Waals surface area contributed by atoms with Gasteiger partial charge in [0.05, 0.1) is 10.9 Å². The Morgan fingerprint density at radius 1 is 1.07 bits per heavy atom. The summed E-state index contributed by atoms with van der Waals surface area (Å²) in [5.41, 5.74) is 6.82. The highest BCUT2D eigenvalue weighted by atomic mass is 19.1. The first-order valence-corrected chi connectivity index (χ1v) is 15.0. The fourth-order valence-corrected chi connectivity index (χ4v) is 8.09. The lowest BCUT2D eigenvalue weighted by molar-refractivity contribution is 0.107. The second-order valence-electron chi connectivity index (χ2n) is 12.7. The van der Waals surface area contributed by atoms with Crippen molar-refractivity contribution in [2.24, 2.45) is 17.6 Å². The van der Waals surface area contributed by atoms with Gasteiger partial charge in [-0.2, -0.15) is 9.97 Å². The maximum atomic E-state index is 16.6. The molecule has 3 aliphatic heterocycles. The molecule has 2 aromatic heterocycles. The minimum atomic E-state index is -0.877. The van der Waals surface area contributed by atoms with Gasteiger partial charge in [0.15, 0.2) is 5.82 Å². The molecule has 4 aliphatic rings. The summed E-state index contributed by atoms with van der Waals surface area (Å²) in [6, 6.07) is 10.9. The molecule has 1 saturated carbocycles. The molecule has 3 N–H and O–H groups in total. The number of pyridine rings is 1. The summed E-state index contributed by atoms with van der Waals surface area (Å²) in [5, 5.41) is 12.5. The van der Waals surface area contributed by atoms with Crippen LogP contribution >= 0.6 is 0 Å². The van der Waals surface area contributed by atoms with Crippen molar-refractivity contribution in [3.63, 3.8) is 0 Å². The molecule has 2 bridgehead atoms. The molecule has 4 fully saturated rings. The highest BCUT2D eigenvalue weighted by Gasteiger charge is 2.49. The van der Waals surface area contributed by atoms with Gasteiger partial charge in [-0.3, -0.25) is 9.88 Å². The molecule has 5 heterocycles. The Morgan fingerprint density at radius 3 is 2.71 bits per heavy atom. The number of rotatable bonds is 5. The third-order valence-corrected chi connectivity index (χ3v) is 10.2. The van der Waals surface area contributed by atoms with Crippen LogP contribution in [0.15, 0.2) is 42.6 Å². The molecule has 10 heteroatoms. The normalized spacial score (nSPS) is 29.1. The predicted molar refractivity (Wildman–Crippen MR) is 157 cm³/mol. The number of aromatic nitrogens is 3. The van der Waals surface area contributed by atoms with Crippen molar-refractivity contribution in [3.05, 3.63) is 48.4 Å². The van der Waals surface area contributed by atoms with Gasteiger partial charge in [0.25, 0.3) is 0 Å². The van der Waals surface area contributed by atoms with Gasteiger partial charge in [-0.1, -0.05) is 24.3 Å². The number of phenolic OH excluding ortho intramolecular Hbond substituents is 1. The van der Waals surface area contributed by atoms with E-state index in [2.05, 4.69) is 19.8 Å². The number of phenols is 1. The number of alkyl halides is 1. The Kier molecular flexibility index (Phi) is 6.01. The molecular formula is C32H34F2N6O2. The Labute approximate surface area is 242 Å². The topological polar surface area (TPSA) is 101 Å². The second-order valence-corrected chi connectivity index (χ2v) is 12.7. The van der Waals surface area contributed by atoms with Crippen LogP contribution in [-0.2, 0) is 0 Å². The second kappa shape index (κ2) is 9.70. The molecule has 1 aliphatic carbocycles. The Balaban J connectivity index is 1.24. The van der Waals surface area contributed by atoms with Crippen molar-refractivity contribution in [2.75, 3.05) is 37.7 Å². The van der Waals surface area contributed by atoms with Crippen molar-refractivity contribution in [1.29, 1.82) is 0 Å². The van der Waals surface area contributed by atoms with E-state index in [1.165, 1.54) is 6.07 Å². The molecule has 2 aromatic carbocycles. The van der Waals surface area contributed by atoms with E-state index in [4.69, 9.17) is 15.5 Å². The summed E-state index contributed by atoms with van der Waals surface area (Å²) in [5.74, 6) is 0.715. The lowest BCUT2D eigenvalue weighted by atomic mass is 9.93. The van der Waals surface area contributed by atoms with Crippen LogP contribution in [0.3, 0.4) is 0 Å². The van der Waals surface area contributed by atoms with Crippen molar-refractivity contribution in [3.8, 4) is 23.0 Å². The number of benzene rings is 2. The van der Waals surface area contributed by atoms with Crippen LogP contribution in [-0.4, -0.2) is 75.5 Å². The highest BCUT2D eigenvalue weighted by Crippen LogP contribution is 2.43. The third-order valence-electron chi connectivity index (χ3n) is 10.2. The van der Waals surface area contributed by atoms with Crippen molar-refractivity contribution >= 4 is 27.5 Å². The van der Waals surface area contributed by atoms with Crippen LogP contribution < -0.4 is 15.4 Å². The van der Waals surface area contributed by atoms with E-state index >= 15 is 4.39 Å². The van der Waals surface area contributed by atoms with E-state index in [1.807, 2.05) is 24.3 Å². The molecule has 0 radical (unpaired) electrons. The van der Waals surface area contributed by atoms with E-state index in [-0.39, 0.29) is 41.2 Å². The van der Waals surface area contributed by atoms with Crippen LogP contribution in [0.5, 0.6) is 11.8 Å². The van der Waals surface area contributed by atoms with Crippen molar-refractivity contribution in [1.82, 2.24) is 19.9 Å². The number of hydrogen-bond donors (Lipinski definition) is 2. The zero-order valence-electron chi connectivity index (χ0n) is 23.3. The first-order valence-electron chi connectivity index (χ1n) is 15.0. The number of piperidine rings is 1. The first kappa shape index (κ1) is 26.0. The van der Waals surface area contributed by atoms with Gasteiger partial charge in [0.1, 0.15) is 35.6 Å². The number of ether oxygens (including phenoxy) is 1. The van der Waals surface area contributed by atoms with E-state index in [0.29, 0.717) is 41.6 Å². The molecule has 8 nitrogen and oxygen atoms in total. The van der Waals surface area contributed by atoms with Gasteiger partial charge < -0.3 is 20.5 Å². The molecular weight excluding hydrogens is 538 g/mol. The maximum Gasteiger partial charge on any atom is 0.319 e. The van der Waals surface area contributed by atoms with Gasteiger partial charge >= 0.3 is 6.01 Å². The third kappa shape index (κ3) is 4.10. The summed E-state index contributed by atoms with van der Waals surface area (Å²) in [7, 11) is 0. The number of aromatic hydroxyl groups is 1. The van der Waals surface area contributed by atoms with Crippen LogP contribution in [0.25, 0.3) is 32.9 Å². The van der Waals surface area contributed by atoms with Gasteiger partial charge in [0.2, 0.25) is 0 Å². The van der Waals surface area contributed by atoms with Crippen molar-refractivity contribution < 1.29 is 18.6 Å². The summed E-state index contributed by atoms with van der Waals surface area (Å²) < 4.78 is 37.3. The maximum absolute atomic E-state index is 16.6. The van der Waals surface area contributed by atoms with Crippen LogP contribution in [0.1, 0.15) is 32.1 Å². The molecule has 3 saturated heterocycles. The van der Waals surface area contributed by atoms with E-state index in [1.54, 1.807) is 12.3 Å². The number of hydrogen-bond acceptors (Lipinski definition) is 8. The SMILES string of the molecule is NC1C2CCC1CN(c1nc(OC[C@@]34CCCN3C[C@H](F)C4)nc3c(F)c(-c4cc(O)cc5ccccc45)ncc13)C2. The Morgan fingerprint density at radius 2 is 1.88 bits per heavy atom. The van der Waals surface area contributed by atoms with Gasteiger partial charge in [0, 0.05) is 43.9 Å². The summed E-state index contributed by atoms with van der Waals surface area (Å²) in [6.45, 7) is 2.98. The molecule has 0 amide bonds. The molecule has 4 aromatic rings. The van der Waals surface area contributed by atoms with Crippen LogP contribution in [0.4, 0.5) is 14.6 Å². The first-order chi connectivity index (χ1) is 20.4. The number of fused-ring (bicyclic) bond motifs is 5. The highest BCUT2D eigenvalue weighted by molar-refractivity contribution is 5.99. The smallest absolute Gasteiger partial charge is 0.319 e. The van der Waals surface area contributed by atoms with Gasteiger partial charge in [-0.15, -0.1) is 0 Å². The van der Waals surface area contributed by atoms with E-state index in [9.17, 15) is 9.50 Å². The lowest BCUT2D eigenvalue weighted by Crippen LogP contribution is -2.49. The minimum Gasteiger partial charge on any atom is -0.508 e. The largest absolute Gasteiger partial charge is 0.508 e. The molecule has 4 atom stereocenters. The van der Waals surface area contributed by atoms with E-state index < -0.39 is 12.0 Å². The summed E-state index contributed by atoms with van der Waals surface area (Å²) in [4.78, 5) is 18.4. The molecule has 2 unspecified atom stereocenters. The van der Waals surface area contributed by atoms with Crippen molar-refractivity contribution in [2.45, 2.75) is 49.9 Å². The van der Waals surface area contributed by atoms with Gasteiger partial charge in [-0.25, -0.2) is 8.78 Å². The molecule has 218 valence electrons. The monoisotopic (exact) mass is 572 g/mol. The molecule has 8 rings (SSSR count). The van der Waals surface area contributed by atoms with Crippen LogP contribution in [0.2, 0.25) is 0 Å². The predicted octanol–water partition coefficient (Wildman–Crippen LogP) is 4.82. The summed E-state index contributed by atoms with van der Waals surface area (Å²) >= 11 is 0. The van der Waals surface area contributed by atoms with E-state index in [0.717, 1.165) is 56.1 Å². The Bertz CT molecular complexity index is 1690.